The SMILES string of the molecule is CCCCPCCCC.CCCCPCCCC.COc1[c-]cc(OC)c(OC)c1OC.[Ti]. The number of unbranched alkanes of at least 4 members (excludes halogenated alkanes) is 4. The van der Waals surface area contributed by atoms with Crippen LogP contribution in [-0.2, 0) is 21.7 Å². The van der Waals surface area contributed by atoms with Crippen LogP contribution in [-0.4, -0.2) is 53.1 Å². The van der Waals surface area contributed by atoms with Crippen LogP contribution in [0.25, 0.3) is 0 Å². The molecule has 0 spiro atoms. The third kappa shape index (κ3) is 21.0. The van der Waals surface area contributed by atoms with E-state index in [1.807, 2.05) is 0 Å². The van der Waals surface area contributed by atoms with Crippen LogP contribution in [0.3, 0.4) is 0 Å². The monoisotopic (exact) mass is 537 g/mol. The summed E-state index contributed by atoms with van der Waals surface area (Å²) in [6.45, 7) is 9.07. The second kappa shape index (κ2) is 30.0. The summed E-state index contributed by atoms with van der Waals surface area (Å²) in [6.07, 6.45) is 17.2. The van der Waals surface area contributed by atoms with E-state index in [9.17, 15) is 0 Å². The Balaban J connectivity index is -0.000000421. The van der Waals surface area contributed by atoms with Gasteiger partial charge in [-0.25, -0.2) is 0 Å². The standard InChI is InChI=1S/C10H13O4.2C8H19P.Ti/c1-11-7-5-6-8(12-2)10(14-4)9(7)13-3;2*1-3-5-7-9-8-6-4-2;/h5H,1-4H3;2*9H,3-8H2,1-2H3;/q-1;;;. The van der Waals surface area contributed by atoms with Gasteiger partial charge in [-0.3, -0.25) is 0 Å². The van der Waals surface area contributed by atoms with Crippen molar-refractivity contribution in [1.82, 2.24) is 0 Å². The van der Waals surface area contributed by atoms with Crippen molar-refractivity contribution in [2.24, 2.45) is 0 Å². The van der Waals surface area contributed by atoms with Crippen LogP contribution < -0.4 is 18.9 Å². The van der Waals surface area contributed by atoms with Gasteiger partial charge in [0.1, 0.15) is 0 Å². The maximum Gasteiger partial charge on any atom is 0.0960 e. The normalized spacial score (nSPS) is 9.45. The third-order valence-electron chi connectivity index (χ3n) is 4.63. The number of methoxy groups -OCH3 is 4. The molecule has 1 aromatic rings. The van der Waals surface area contributed by atoms with E-state index in [1.165, 1.54) is 100 Å². The number of ether oxygens (including phenoxy) is 4. The van der Waals surface area contributed by atoms with Gasteiger partial charge < -0.3 is 18.9 Å². The number of benzene rings is 1. The topological polar surface area (TPSA) is 36.9 Å². The Kier molecular flexibility index (Phi) is 34.2. The van der Waals surface area contributed by atoms with Crippen LogP contribution in [0, 0.1) is 6.07 Å². The zero-order valence-corrected chi connectivity index (χ0v) is 26.3. The molecule has 1 aromatic carbocycles. The Hall–Kier alpha value is -0.00571. The quantitative estimate of drug-likeness (QED) is 0.0926. The molecule has 0 saturated carbocycles. The summed E-state index contributed by atoms with van der Waals surface area (Å²) in [5.74, 6) is 2.04. The molecule has 0 fully saturated rings. The molecule has 0 unspecified atom stereocenters. The minimum absolute atomic E-state index is 0. The Bertz CT molecular complexity index is 462. The summed E-state index contributed by atoms with van der Waals surface area (Å²) in [6, 6.07) is 4.52. The van der Waals surface area contributed by atoms with Crippen molar-refractivity contribution in [2.75, 3.05) is 53.1 Å². The molecule has 4 nitrogen and oxygen atoms in total. The van der Waals surface area contributed by atoms with E-state index in [-0.39, 0.29) is 21.7 Å². The van der Waals surface area contributed by atoms with Gasteiger partial charge in [-0.15, -0.1) is 29.3 Å². The molecule has 0 amide bonds. The van der Waals surface area contributed by atoms with Gasteiger partial charge in [0.05, 0.1) is 51.4 Å². The Morgan fingerprint density at radius 1 is 0.606 bits per heavy atom. The fraction of sp³-hybridized carbons (Fsp3) is 0.769. The first-order valence-electron chi connectivity index (χ1n) is 12.3. The second-order valence-corrected chi connectivity index (χ2v) is 10.4. The average molecular weight is 538 g/mol. The van der Waals surface area contributed by atoms with Crippen LogP contribution in [0.15, 0.2) is 6.07 Å². The molecule has 0 radical (unpaired) electrons. The zero-order valence-electron chi connectivity index (χ0n) is 22.7. The Morgan fingerprint density at radius 3 is 1.27 bits per heavy atom. The van der Waals surface area contributed by atoms with E-state index in [4.69, 9.17) is 18.9 Å². The molecule has 7 heteroatoms. The summed E-state index contributed by atoms with van der Waals surface area (Å²) < 4.78 is 20.4. The zero-order chi connectivity index (χ0) is 24.5. The number of hydrogen-bond acceptors (Lipinski definition) is 4. The molecule has 33 heavy (non-hydrogen) atoms. The average Bonchev–Trinajstić information content (AvgIpc) is 2.83. The fourth-order valence-electron chi connectivity index (χ4n) is 2.62. The van der Waals surface area contributed by atoms with E-state index < -0.39 is 0 Å². The van der Waals surface area contributed by atoms with E-state index in [2.05, 4.69) is 33.8 Å². The third-order valence-corrected chi connectivity index (χ3v) is 7.46. The van der Waals surface area contributed by atoms with Gasteiger partial charge in [-0.2, -0.15) is 0 Å². The number of hydrogen-bond donors (Lipinski definition) is 0. The molecule has 0 saturated heterocycles. The summed E-state index contributed by atoms with van der Waals surface area (Å²) >= 11 is 0. The van der Waals surface area contributed by atoms with Crippen LogP contribution in [0.4, 0.5) is 0 Å². The summed E-state index contributed by atoms with van der Waals surface area (Å²) in [4.78, 5) is 0. The summed E-state index contributed by atoms with van der Waals surface area (Å²) in [5.41, 5.74) is 0. The van der Waals surface area contributed by atoms with Gasteiger partial charge in [0, 0.05) is 21.7 Å². The van der Waals surface area contributed by atoms with Crippen molar-refractivity contribution in [1.29, 1.82) is 0 Å². The van der Waals surface area contributed by atoms with E-state index in [0.29, 0.717) is 23.0 Å². The molecule has 0 bridgehead atoms. The van der Waals surface area contributed by atoms with Crippen LogP contribution in [0.2, 0.25) is 0 Å². The molecule has 0 aliphatic carbocycles. The van der Waals surface area contributed by atoms with Crippen molar-refractivity contribution in [3.63, 3.8) is 0 Å². The van der Waals surface area contributed by atoms with Gasteiger partial charge in [0.25, 0.3) is 0 Å². The molecule has 0 atom stereocenters. The van der Waals surface area contributed by atoms with E-state index >= 15 is 0 Å². The smallest absolute Gasteiger partial charge is 0.0960 e. The molecule has 0 aliphatic rings. The van der Waals surface area contributed by atoms with Gasteiger partial charge in [0.2, 0.25) is 0 Å². The number of rotatable bonds is 16. The molecular weight excluding hydrogens is 486 g/mol. The second-order valence-electron chi connectivity index (χ2n) is 7.37. The summed E-state index contributed by atoms with van der Waals surface area (Å²) in [5, 5.41) is 0. The largest absolute Gasteiger partial charge is 0.550 e. The molecule has 0 N–H and O–H groups in total. The van der Waals surface area contributed by atoms with E-state index in [0.717, 1.165) is 0 Å². The first-order chi connectivity index (χ1) is 15.6. The van der Waals surface area contributed by atoms with Crippen molar-refractivity contribution < 1.29 is 40.7 Å². The fourth-order valence-corrected chi connectivity index (χ4v) is 5.53. The first kappa shape index (κ1) is 37.5. The van der Waals surface area contributed by atoms with Gasteiger partial charge in [0.15, 0.2) is 0 Å². The molecule has 1 rings (SSSR count). The van der Waals surface area contributed by atoms with Gasteiger partial charge in [-0.1, -0.05) is 53.4 Å². The Morgan fingerprint density at radius 2 is 1.00 bits per heavy atom. The minimum Gasteiger partial charge on any atom is -0.550 e. The first-order valence-corrected chi connectivity index (χ1v) is 15.1. The predicted octanol–water partition coefficient (Wildman–Crippen LogP) is 8.05. The van der Waals surface area contributed by atoms with Crippen LogP contribution >= 0.6 is 17.2 Å². The maximum absolute atomic E-state index is 5.15. The maximum atomic E-state index is 5.15. The Labute approximate surface area is 224 Å². The van der Waals surface area contributed by atoms with Crippen LogP contribution in [0.1, 0.15) is 79.1 Å². The minimum atomic E-state index is 0. The van der Waals surface area contributed by atoms with E-state index in [1.54, 1.807) is 27.4 Å². The summed E-state index contributed by atoms with van der Waals surface area (Å²) in [7, 11) is 8.66. The van der Waals surface area contributed by atoms with Crippen molar-refractivity contribution >= 4 is 17.2 Å². The van der Waals surface area contributed by atoms with Gasteiger partial charge in [-0.05, 0) is 50.3 Å². The molecular formula is C26H51O4P2Ti-. The van der Waals surface area contributed by atoms with Crippen molar-refractivity contribution in [3.05, 3.63) is 12.1 Å². The molecule has 0 aliphatic heterocycles. The van der Waals surface area contributed by atoms with Crippen molar-refractivity contribution in [2.45, 2.75) is 79.1 Å². The molecule has 0 heterocycles. The molecule has 0 aromatic heterocycles. The van der Waals surface area contributed by atoms with Crippen LogP contribution in [0.5, 0.6) is 23.0 Å². The van der Waals surface area contributed by atoms with Crippen molar-refractivity contribution in [3.8, 4) is 23.0 Å². The molecule has 194 valence electrons. The van der Waals surface area contributed by atoms with Gasteiger partial charge >= 0.3 is 0 Å². The predicted molar refractivity (Wildman–Crippen MR) is 147 cm³/mol.